The molecule has 30 heavy (non-hydrogen) atoms. The van der Waals surface area contributed by atoms with Crippen molar-refractivity contribution in [3.63, 3.8) is 0 Å². The molecule has 4 aromatic rings. The maximum Gasteiger partial charge on any atom is 0.226 e. The highest BCUT2D eigenvalue weighted by atomic mass is 16.5. The molecule has 0 unspecified atom stereocenters. The number of aromatic nitrogens is 3. The molecule has 1 aliphatic heterocycles. The Morgan fingerprint density at radius 2 is 1.67 bits per heavy atom. The molecule has 0 bridgehead atoms. The van der Waals surface area contributed by atoms with Gasteiger partial charge in [-0.2, -0.15) is 10.1 Å². The molecular formula is C24H20N4O2. The minimum absolute atomic E-state index is 0.111. The van der Waals surface area contributed by atoms with Crippen LogP contribution < -0.4 is 14.8 Å². The maximum atomic E-state index is 6.02. The quantitative estimate of drug-likeness (QED) is 0.506. The number of ether oxygens (including phenoxy) is 2. The average Bonchev–Trinajstić information content (AvgIpc) is 3.28. The number of anilines is 1. The van der Waals surface area contributed by atoms with Gasteiger partial charge in [0, 0.05) is 5.70 Å². The third kappa shape index (κ3) is 3.51. The van der Waals surface area contributed by atoms with E-state index in [1.165, 1.54) is 0 Å². The summed E-state index contributed by atoms with van der Waals surface area (Å²) in [6, 6.07) is 25.6. The summed E-state index contributed by atoms with van der Waals surface area (Å²) in [6.07, 6.45) is 3.70. The number of methoxy groups -OCH3 is 1. The number of hydrogen-bond acceptors (Lipinski definition) is 5. The second-order valence-electron chi connectivity index (χ2n) is 6.89. The van der Waals surface area contributed by atoms with Crippen LogP contribution in [0.25, 0.3) is 5.70 Å². The molecule has 1 aromatic heterocycles. The lowest BCUT2D eigenvalue weighted by atomic mass is 10.0. The molecule has 3 aromatic carbocycles. The van der Waals surface area contributed by atoms with Gasteiger partial charge in [0.1, 0.15) is 29.6 Å². The van der Waals surface area contributed by atoms with E-state index in [1.807, 2.05) is 77.5 Å². The second-order valence-corrected chi connectivity index (χ2v) is 6.89. The third-order valence-corrected chi connectivity index (χ3v) is 4.99. The Hall–Kier alpha value is -4.06. The zero-order valence-electron chi connectivity index (χ0n) is 16.4. The first kappa shape index (κ1) is 18.0. The summed E-state index contributed by atoms with van der Waals surface area (Å²) < 4.78 is 13.2. The molecule has 1 aliphatic rings. The van der Waals surface area contributed by atoms with Gasteiger partial charge >= 0.3 is 0 Å². The lowest BCUT2D eigenvalue weighted by Gasteiger charge is -2.24. The summed E-state index contributed by atoms with van der Waals surface area (Å²) in [5, 5.41) is 7.78. The number of nitrogens with one attached hydrogen (secondary N) is 1. The zero-order chi connectivity index (χ0) is 20.3. The van der Waals surface area contributed by atoms with Crippen LogP contribution in [-0.2, 0) is 0 Å². The fraction of sp³-hybridized carbons (Fsp3) is 0.0833. The molecule has 1 N–H and O–H groups in total. The van der Waals surface area contributed by atoms with Crippen molar-refractivity contribution in [3.8, 4) is 17.2 Å². The van der Waals surface area contributed by atoms with Gasteiger partial charge in [0.2, 0.25) is 5.95 Å². The number of allylic oxidation sites excluding steroid dienone is 1. The number of fused-ring (bicyclic) bond motifs is 1. The summed E-state index contributed by atoms with van der Waals surface area (Å²) in [7, 11) is 1.66. The molecule has 0 saturated carbocycles. The SMILES string of the molecule is COc1ccc(C2=C[C@H](c3cccc(Oc4ccccc4)c3)n3ncnc3N2)cc1. The number of benzene rings is 3. The fourth-order valence-corrected chi connectivity index (χ4v) is 3.50. The van der Waals surface area contributed by atoms with Gasteiger partial charge < -0.3 is 14.8 Å². The van der Waals surface area contributed by atoms with Crippen molar-refractivity contribution in [1.29, 1.82) is 0 Å². The third-order valence-electron chi connectivity index (χ3n) is 4.99. The predicted octanol–water partition coefficient (Wildman–Crippen LogP) is 5.14. The molecule has 6 heteroatoms. The molecule has 0 fully saturated rings. The van der Waals surface area contributed by atoms with E-state index < -0.39 is 0 Å². The topological polar surface area (TPSA) is 61.2 Å². The van der Waals surface area contributed by atoms with Crippen LogP contribution in [0.5, 0.6) is 17.2 Å². The summed E-state index contributed by atoms with van der Waals surface area (Å²) in [5.74, 6) is 3.09. The Morgan fingerprint density at radius 1 is 0.867 bits per heavy atom. The van der Waals surface area contributed by atoms with Crippen LogP contribution in [0.4, 0.5) is 5.95 Å². The standard InChI is InChI=1S/C24H20N4O2/c1-29-19-12-10-17(11-13-19)22-15-23(28-24(27-22)25-16-26-28)18-6-5-9-21(14-18)30-20-7-3-2-4-8-20/h2-16,23H,1H3,(H,25,26,27)/t23-/m1/s1. The van der Waals surface area contributed by atoms with E-state index >= 15 is 0 Å². The second kappa shape index (κ2) is 7.75. The molecular weight excluding hydrogens is 376 g/mol. The molecule has 148 valence electrons. The number of para-hydroxylation sites is 1. The smallest absolute Gasteiger partial charge is 0.226 e. The van der Waals surface area contributed by atoms with E-state index in [2.05, 4.69) is 27.5 Å². The molecule has 6 nitrogen and oxygen atoms in total. The Labute approximate surface area is 174 Å². The van der Waals surface area contributed by atoms with Crippen molar-refractivity contribution in [2.45, 2.75) is 6.04 Å². The van der Waals surface area contributed by atoms with Crippen LogP contribution in [0.1, 0.15) is 17.2 Å². The Bertz CT molecular complexity index is 1180. The minimum Gasteiger partial charge on any atom is -0.497 e. The normalized spacial score (nSPS) is 15.0. The predicted molar refractivity (Wildman–Crippen MR) is 116 cm³/mol. The van der Waals surface area contributed by atoms with Gasteiger partial charge in [0.05, 0.1) is 7.11 Å². The maximum absolute atomic E-state index is 6.02. The zero-order valence-corrected chi connectivity index (χ0v) is 16.4. The Kier molecular flexibility index (Phi) is 4.65. The van der Waals surface area contributed by atoms with Crippen molar-refractivity contribution in [2.24, 2.45) is 0 Å². The van der Waals surface area contributed by atoms with Crippen molar-refractivity contribution in [1.82, 2.24) is 14.8 Å². The van der Waals surface area contributed by atoms with Crippen LogP contribution in [0.15, 0.2) is 91.3 Å². The van der Waals surface area contributed by atoms with E-state index in [4.69, 9.17) is 9.47 Å². The summed E-state index contributed by atoms with van der Waals surface area (Å²) in [6.45, 7) is 0. The van der Waals surface area contributed by atoms with Crippen molar-refractivity contribution >= 4 is 11.6 Å². The monoisotopic (exact) mass is 396 g/mol. The average molecular weight is 396 g/mol. The van der Waals surface area contributed by atoms with Gasteiger partial charge in [0.25, 0.3) is 0 Å². The van der Waals surface area contributed by atoms with E-state index in [0.29, 0.717) is 5.95 Å². The molecule has 0 amide bonds. The number of rotatable bonds is 5. The van der Waals surface area contributed by atoms with Gasteiger partial charge in [-0.1, -0.05) is 30.3 Å². The molecule has 1 atom stereocenters. The van der Waals surface area contributed by atoms with Gasteiger partial charge in [0.15, 0.2) is 0 Å². The number of hydrogen-bond donors (Lipinski definition) is 1. The lowest BCUT2D eigenvalue weighted by Crippen LogP contribution is -2.20. The van der Waals surface area contributed by atoms with Gasteiger partial charge in [-0.3, -0.25) is 0 Å². The van der Waals surface area contributed by atoms with E-state index in [1.54, 1.807) is 13.4 Å². The fourth-order valence-electron chi connectivity index (χ4n) is 3.50. The summed E-state index contributed by atoms with van der Waals surface area (Å²) >= 11 is 0. The number of nitrogens with zero attached hydrogens (tertiary/aromatic N) is 3. The first-order valence-electron chi connectivity index (χ1n) is 9.66. The lowest BCUT2D eigenvalue weighted by molar-refractivity contribution is 0.415. The van der Waals surface area contributed by atoms with Crippen LogP contribution >= 0.6 is 0 Å². The van der Waals surface area contributed by atoms with Crippen molar-refractivity contribution < 1.29 is 9.47 Å². The largest absolute Gasteiger partial charge is 0.497 e. The van der Waals surface area contributed by atoms with E-state index in [0.717, 1.165) is 34.1 Å². The van der Waals surface area contributed by atoms with Crippen molar-refractivity contribution in [2.75, 3.05) is 12.4 Å². The van der Waals surface area contributed by atoms with E-state index in [-0.39, 0.29) is 6.04 Å². The van der Waals surface area contributed by atoms with Gasteiger partial charge in [-0.25, -0.2) is 4.68 Å². The van der Waals surface area contributed by atoms with Crippen LogP contribution in [0, 0.1) is 0 Å². The van der Waals surface area contributed by atoms with E-state index in [9.17, 15) is 0 Å². The van der Waals surface area contributed by atoms with Crippen LogP contribution in [0.2, 0.25) is 0 Å². The van der Waals surface area contributed by atoms with Gasteiger partial charge in [-0.15, -0.1) is 0 Å². The van der Waals surface area contributed by atoms with Gasteiger partial charge in [-0.05, 0) is 65.7 Å². The van der Waals surface area contributed by atoms with Crippen LogP contribution in [-0.4, -0.2) is 21.9 Å². The molecule has 5 rings (SSSR count). The minimum atomic E-state index is -0.111. The van der Waals surface area contributed by atoms with Crippen molar-refractivity contribution in [3.05, 3.63) is 102 Å². The first-order chi connectivity index (χ1) is 14.8. The Morgan fingerprint density at radius 3 is 2.47 bits per heavy atom. The summed E-state index contributed by atoms with van der Waals surface area (Å²) in [5.41, 5.74) is 3.08. The van der Waals surface area contributed by atoms with Crippen LogP contribution in [0.3, 0.4) is 0 Å². The highest BCUT2D eigenvalue weighted by molar-refractivity contribution is 5.77. The highest BCUT2D eigenvalue weighted by Gasteiger charge is 2.23. The summed E-state index contributed by atoms with van der Waals surface area (Å²) in [4.78, 5) is 4.38. The molecule has 2 heterocycles. The molecule has 0 radical (unpaired) electrons. The molecule has 0 saturated heterocycles. The molecule has 0 spiro atoms. The molecule has 0 aliphatic carbocycles. The first-order valence-corrected chi connectivity index (χ1v) is 9.66. The Balaban J connectivity index is 1.50. The highest BCUT2D eigenvalue weighted by Crippen LogP contribution is 2.34.